The third kappa shape index (κ3) is 9.69. The zero-order valence-electron chi connectivity index (χ0n) is 39.6. The van der Waals surface area contributed by atoms with E-state index < -0.39 is 96.3 Å². The molecular formula is C47H65N4O14P. The number of hydrogen-bond donors (Lipinski definition) is 5. The van der Waals surface area contributed by atoms with Crippen LogP contribution in [0.5, 0.6) is 17.2 Å². The first kappa shape index (κ1) is 50.7. The van der Waals surface area contributed by atoms with Crippen LogP contribution in [-0.4, -0.2) is 119 Å². The fraction of sp³-hybridized carbons (Fsp3) is 0.596. The Bertz CT molecular complexity index is 2490. The van der Waals surface area contributed by atoms with Gasteiger partial charge < -0.3 is 53.7 Å². The van der Waals surface area contributed by atoms with Crippen molar-refractivity contribution in [3.05, 3.63) is 58.0 Å². The Morgan fingerprint density at radius 2 is 1.61 bits per heavy atom. The number of methoxy groups -OCH3 is 1. The number of Topliss-reactive ketones (excluding diaryl/α,β-unsaturated/α-hetero) is 1. The van der Waals surface area contributed by atoms with Gasteiger partial charge in [-0.3, -0.25) is 28.8 Å². The third-order valence-corrected chi connectivity index (χ3v) is 15.4. The maximum absolute atomic E-state index is 14.8. The lowest BCUT2D eigenvalue weighted by Gasteiger charge is -2.38. The number of fused-ring (bicyclic) bond motifs is 13. The molecule has 2 aromatic carbocycles. The molecule has 1 amide bonds. The number of phenols is 2. The van der Waals surface area contributed by atoms with E-state index in [4.69, 9.17) is 33.0 Å². The number of esters is 1. The number of piperidine rings is 1. The number of allylic oxidation sites excluding steroid dienone is 2. The van der Waals surface area contributed by atoms with Gasteiger partial charge in [0, 0.05) is 87.1 Å². The van der Waals surface area contributed by atoms with E-state index in [-0.39, 0.29) is 69.1 Å². The molecule has 1 saturated heterocycles. The number of anilines is 1. The van der Waals surface area contributed by atoms with Gasteiger partial charge in [0.15, 0.2) is 5.75 Å². The van der Waals surface area contributed by atoms with Crippen molar-refractivity contribution in [1.29, 1.82) is 0 Å². The summed E-state index contributed by atoms with van der Waals surface area (Å²) in [5.74, 6) is -7.50. The molecule has 18 nitrogen and oxygen atoms in total. The van der Waals surface area contributed by atoms with E-state index in [0.29, 0.717) is 25.9 Å². The Hall–Kier alpha value is -4.68. The molecule has 0 radical (unpaired) electrons. The van der Waals surface area contributed by atoms with Crippen LogP contribution in [0.4, 0.5) is 5.69 Å². The molecule has 5 bridgehead atoms. The molecule has 0 saturated carbocycles. The predicted octanol–water partition coefficient (Wildman–Crippen LogP) is 5.32. The fourth-order valence-corrected chi connectivity index (χ4v) is 11.2. The minimum absolute atomic E-state index is 0.000507. The Balaban J connectivity index is 1.52. The van der Waals surface area contributed by atoms with Crippen LogP contribution < -0.4 is 20.8 Å². The number of amides is 1. The average Bonchev–Trinajstić information content (AvgIpc) is 3.77. The monoisotopic (exact) mass is 940 g/mol. The number of aliphatic hydroxyl groups excluding tert-OH is 2. The lowest BCUT2D eigenvalue weighted by molar-refractivity contribution is -0.160. The van der Waals surface area contributed by atoms with Crippen molar-refractivity contribution in [3.8, 4) is 17.2 Å². The molecule has 9 atom stereocenters. The highest BCUT2D eigenvalue weighted by atomic mass is 31.2. The van der Waals surface area contributed by atoms with E-state index in [9.17, 15) is 39.4 Å². The number of hydrogen-bond acceptors (Lipinski definition) is 17. The van der Waals surface area contributed by atoms with E-state index in [1.807, 2.05) is 4.90 Å². The van der Waals surface area contributed by atoms with Crippen molar-refractivity contribution >= 4 is 41.7 Å². The lowest BCUT2D eigenvalue weighted by atomic mass is 9.78. The predicted molar refractivity (Wildman–Crippen MR) is 244 cm³/mol. The molecule has 362 valence electrons. The summed E-state index contributed by atoms with van der Waals surface area (Å²) in [6.07, 6.45) is 4.42. The van der Waals surface area contributed by atoms with Crippen LogP contribution in [0.15, 0.2) is 46.1 Å². The van der Waals surface area contributed by atoms with Gasteiger partial charge in [-0.15, -0.1) is 0 Å². The summed E-state index contributed by atoms with van der Waals surface area (Å²) in [6.45, 7) is 17.4. The summed E-state index contributed by atoms with van der Waals surface area (Å²) >= 11 is 0. The first-order valence-electron chi connectivity index (χ1n) is 22.5. The van der Waals surface area contributed by atoms with Gasteiger partial charge in [-0.05, 0) is 33.8 Å². The molecule has 66 heavy (non-hydrogen) atoms. The van der Waals surface area contributed by atoms with Gasteiger partial charge in [0.1, 0.15) is 40.3 Å². The minimum Gasteiger partial charge on any atom is -0.507 e. The smallest absolute Gasteiger partial charge is 0.344 e. The second kappa shape index (κ2) is 19.9. The number of carbonyl (C=O) groups excluding carboxylic acids is 3. The highest BCUT2D eigenvalue weighted by Gasteiger charge is 2.51. The molecule has 0 aliphatic carbocycles. The quantitative estimate of drug-likeness (QED) is 0.128. The van der Waals surface area contributed by atoms with Crippen LogP contribution in [0.2, 0.25) is 0 Å². The Labute approximate surface area is 384 Å². The number of ketones is 1. The highest BCUT2D eigenvalue weighted by Crippen LogP contribution is 2.52. The summed E-state index contributed by atoms with van der Waals surface area (Å²) in [5, 5.41) is 50.3. The number of carbonyl (C=O) groups is 3. The van der Waals surface area contributed by atoms with Gasteiger partial charge in [0.2, 0.25) is 0 Å². The summed E-state index contributed by atoms with van der Waals surface area (Å²) < 4.78 is 48.6. The molecule has 0 unspecified atom stereocenters. The lowest BCUT2D eigenvalue weighted by Crippen LogP contribution is -2.47. The zero-order chi connectivity index (χ0) is 48.6. The van der Waals surface area contributed by atoms with Crippen LogP contribution in [-0.2, 0) is 37.4 Å². The van der Waals surface area contributed by atoms with Crippen molar-refractivity contribution in [3.63, 3.8) is 0 Å². The van der Waals surface area contributed by atoms with Crippen LogP contribution in [0, 0.1) is 30.6 Å². The number of phenolic OH excluding ortho intramolecular Hbond substituents is 2. The molecule has 1 fully saturated rings. The molecular weight excluding hydrogens is 876 g/mol. The molecule has 5 aliphatic heterocycles. The van der Waals surface area contributed by atoms with Crippen molar-refractivity contribution < 1.29 is 67.4 Å². The van der Waals surface area contributed by atoms with Crippen molar-refractivity contribution in [2.45, 2.75) is 118 Å². The van der Waals surface area contributed by atoms with E-state index in [2.05, 4.69) is 10.3 Å². The molecule has 1 spiro atoms. The standard InChI is InChI=1S/C47H65N4O14P/c1-12-62-66(59,63-13-2)23-51-20-18-47(19-21-51)49-35-32-33-40(55)29(8)43-34(32)44(57)46(10,65-43)61-22-17-31(60-11)26(5)42(64-30(9)52)28(7)39(54)27(6)38(53)24(3)15-14-16-25(4)45(58)48-37(41(33)56)36(35)50-47/h14-17,22,24,26-28,31,38-39,42,49,53-56H,12-13,18-21,23H2,1-11H3/b15-14+,22-17+,25-16-,48-37?/t24-,26+,27+,28+,31-,38-,39+,42+,46-/m0/s1. The van der Waals surface area contributed by atoms with E-state index >= 15 is 0 Å². The van der Waals surface area contributed by atoms with Gasteiger partial charge in [0.05, 0.1) is 54.4 Å². The maximum Gasteiger partial charge on any atom is 0.344 e. The highest BCUT2D eigenvalue weighted by molar-refractivity contribution is 7.53. The summed E-state index contributed by atoms with van der Waals surface area (Å²) in [4.78, 5) is 52.6. The minimum atomic E-state index is -3.42. The van der Waals surface area contributed by atoms with Crippen molar-refractivity contribution in [2.24, 2.45) is 33.7 Å². The normalized spacial score (nSPS) is 31.3. The van der Waals surface area contributed by atoms with E-state index in [0.717, 1.165) is 0 Å². The van der Waals surface area contributed by atoms with E-state index in [1.54, 1.807) is 53.7 Å². The summed E-state index contributed by atoms with van der Waals surface area (Å²) in [6, 6.07) is 0. The van der Waals surface area contributed by atoms with Crippen molar-refractivity contribution in [2.75, 3.05) is 45.0 Å². The first-order valence-corrected chi connectivity index (χ1v) is 24.2. The number of ether oxygens (including phenoxy) is 4. The Morgan fingerprint density at radius 3 is 2.21 bits per heavy atom. The first-order chi connectivity index (χ1) is 31.1. The largest absolute Gasteiger partial charge is 0.507 e. The second-order valence-electron chi connectivity index (χ2n) is 18.0. The van der Waals surface area contributed by atoms with Gasteiger partial charge in [-0.1, -0.05) is 45.9 Å². The molecule has 5 heterocycles. The van der Waals surface area contributed by atoms with Crippen LogP contribution >= 0.6 is 7.60 Å². The maximum atomic E-state index is 14.8. The number of benzene rings is 2. The number of rotatable bonds is 8. The molecule has 0 aromatic heterocycles. The molecule has 5 N–H and O–H groups in total. The third-order valence-electron chi connectivity index (χ3n) is 13.3. The van der Waals surface area contributed by atoms with Gasteiger partial charge >= 0.3 is 19.4 Å². The molecule has 2 aromatic rings. The average molecular weight is 941 g/mol. The fourth-order valence-electron chi connectivity index (χ4n) is 9.44. The van der Waals surface area contributed by atoms with Crippen LogP contribution in [0.1, 0.15) is 91.1 Å². The van der Waals surface area contributed by atoms with Gasteiger partial charge in [-0.2, -0.15) is 0 Å². The van der Waals surface area contributed by atoms with Gasteiger partial charge in [-0.25, -0.2) is 4.99 Å². The van der Waals surface area contributed by atoms with E-state index in [1.165, 1.54) is 53.2 Å². The molecule has 7 rings (SSSR count). The topological polar surface area (TPSA) is 245 Å². The summed E-state index contributed by atoms with van der Waals surface area (Å²) in [5.41, 5.74) is -0.557. The Morgan fingerprint density at radius 1 is 0.955 bits per heavy atom. The number of aliphatic hydroxyl groups is 2. The van der Waals surface area contributed by atoms with Gasteiger partial charge in [0.25, 0.3) is 11.7 Å². The number of aromatic hydroxyl groups is 2. The number of nitrogens with one attached hydrogen (secondary N) is 1. The second-order valence-corrected chi connectivity index (χ2v) is 20.0. The van der Waals surface area contributed by atoms with Crippen LogP contribution in [0.25, 0.3) is 10.8 Å². The SMILES string of the molecule is CCOP(=O)(CN1CCC2(CC1)N=c1c(c3c4c5c(C)c(O)c3c(O)c1=NC(=O)/C(C)=C\C=C\[C@H](C)[C@H](O)[C@@H](C)[C@@H](O)[C@@H](C)[C@H](OC(C)=O)[C@H](C)[C@@H](OC)/C=C/O[C@@](C)(O5)C4=O)N2)OCC. The zero-order valence-corrected chi connectivity index (χ0v) is 40.5. The van der Waals surface area contributed by atoms with Crippen molar-refractivity contribution in [1.82, 2.24) is 4.90 Å². The Kier molecular flexibility index (Phi) is 15.3. The number of nitrogens with zero attached hydrogens (tertiary/aromatic N) is 3. The molecule has 5 aliphatic rings. The summed E-state index contributed by atoms with van der Waals surface area (Å²) in [7, 11) is -1.97. The molecule has 19 heteroatoms. The number of likely N-dealkylation sites (tertiary alicyclic amines) is 1. The van der Waals surface area contributed by atoms with Crippen LogP contribution in [0.3, 0.4) is 0 Å².